The van der Waals surface area contributed by atoms with Crippen LogP contribution in [0.4, 0.5) is 11.5 Å². The van der Waals surface area contributed by atoms with Crippen LogP contribution in [0.15, 0.2) is 29.5 Å². The molecule has 1 aliphatic rings. The first-order chi connectivity index (χ1) is 12.2. The fourth-order valence-electron chi connectivity index (χ4n) is 2.67. The van der Waals surface area contributed by atoms with E-state index in [2.05, 4.69) is 25.3 Å². The lowest BCUT2D eigenvalue weighted by molar-refractivity contribution is 0.0374. The Morgan fingerprint density at radius 3 is 3.08 bits per heavy atom. The van der Waals surface area contributed by atoms with Crippen LogP contribution >= 0.6 is 0 Å². The summed E-state index contributed by atoms with van der Waals surface area (Å²) in [5, 5.41) is 7.32. The number of ether oxygens (including phenoxy) is 2. The van der Waals surface area contributed by atoms with E-state index in [0.29, 0.717) is 19.0 Å². The average molecular weight is 346 g/mol. The van der Waals surface area contributed by atoms with Crippen molar-refractivity contribution in [2.45, 2.75) is 12.5 Å². The second kappa shape index (κ2) is 7.93. The van der Waals surface area contributed by atoms with E-state index in [4.69, 9.17) is 9.47 Å². The summed E-state index contributed by atoms with van der Waals surface area (Å²) in [6, 6.07) is 3.36. The zero-order valence-corrected chi connectivity index (χ0v) is 14.4. The number of rotatable bonds is 6. The summed E-state index contributed by atoms with van der Waals surface area (Å²) in [5.41, 5.74) is 0.727. The van der Waals surface area contributed by atoms with E-state index in [1.807, 2.05) is 0 Å². The fourth-order valence-corrected chi connectivity index (χ4v) is 2.67. The maximum atomic E-state index is 11.8. The van der Waals surface area contributed by atoms with Gasteiger partial charge >= 0.3 is 0 Å². The Hall–Kier alpha value is -2.68. The maximum Gasteiger partial charge on any atom is 0.268 e. The molecule has 2 aromatic rings. The van der Waals surface area contributed by atoms with Gasteiger partial charge in [-0.15, -0.1) is 0 Å². The normalized spacial score (nSPS) is 17.4. The molecule has 0 bridgehead atoms. The molecular weight excluding hydrogens is 324 g/mol. The number of aryl methyl sites for hydroxylation is 1. The lowest BCUT2D eigenvalue weighted by Crippen LogP contribution is -2.43. The Kier molecular flexibility index (Phi) is 5.44. The molecule has 1 atom stereocenters. The molecule has 1 fully saturated rings. The van der Waals surface area contributed by atoms with E-state index in [1.165, 1.54) is 11.0 Å². The molecule has 1 saturated heterocycles. The number of morpholine rings is 1. The molecule has 0 spiro atoms. The summed E-state index contributed by atoms with van der Waals surface area (Å²) in [5.74, 6) is 1.24. The molecule has 25 heavy (non-hydrogen) atoms. The topological polar surface area (TPSA) is 94.4 Å². The fraction of sp³-hybridized carbons (Fsp3) is 0.500. The molecule has 0 unspecified atom stereocenters. The predicted molar refractivity (Wildman–Crippen MR) is 93.1 cm³/mol. The summed E-state index contributed by atoms with van der Waals surface area (Å²) in [6.07, 6.45) is 4.08. The van der Waals surface area contributed by atoms with Crippen molar-refractivity contribution in [2.24, 2.45) is 7.05 Å². The van der Waals surface area contributed by atoms with E-state index in [-0.39, 0.29) is 11.7 Å². The molecule has 9 nitrogen and oxygen atoms in total. The number of hydrogen-bond acceptors (Lipinski definition) is 8. The third-order valence-corrected chi connectivity index (χ3v) is 4.08. The second-order valence-corrected chi connectivity index (χ2v) is 5.78. The molecular formula is C16H22N6O3. The number of nitrogens with one attached hydrogen (secondary N) is 1. The van der Waals surface area contributed by atoms with Crippen LogP contribution in [-0.2, 0) is 11.8 Å². The van der Waals surface area contributed by atoms with E-state index >= 15 is 0 Å². The molecule has 3 heterocycles. The van der Waals surface area contributed by atoms with E-state index < -0.39 is 0 Å². The Morgan fingerprint density at radius 1 is 1.40 bits per heavy atom. The monoisotopic (exact) mass is 346 g/mol. The quantitative estimate of drug-likeness (QED) is 0.797. The highest BCUT2D eigenvalue weighted by atomic mass is 16.5. The van der Waals surface area contributed by atoms with Gasteiger partial charge in [0.2, 0.25) is 5.88 Å². The zero-order valence-electron chi connectivity index (χ0n) is 14.4. The first kappa shape index (κ1) is 17.2. The number of aromatic nitrogens is 4. The van der Waals surface area contributed by atoms with Gasteiger partial charge in [-0.25, -0.2) is 14.6 Å². The van der Waals surface area contributed by atoms with Gasteiger partial charge in [-0.1, -0.05) is 0 Å². The summed E-state index contributed by atoms with van der Waals surface area (Å²) >= 11 is 0. The smallest absolute Gasteiger partial charge is 0.268 e. The van der Waals surface area contributed by atoms with E-state index in [1.54, 1.807) is 32.5 Å². The molecule has 2 aromatic heterocycles. The van der Waals surface area contributed by atoms with Crippen molar-refractivity contribution in [1.82, 2.24) is 19.7 Å². The van der Waals surface area contributed by atoms with Crippen LogP contribution in [0.3, 0.4) is 0 Å². The average Bonchev–Trinajstić information content (AvgIpc) is 2.64. The van der Waals surface area contributed by atoms with Gasteiger partial charge in [0.05, 0.1) is 31.7 Å². The van der Waals surface area contributed by atoms with E-state index in [0.717, 1.165) is 31.0 Å². The Bertz CT molecular complexity index is 766. The second-order valence-electron chi connectivity index (χ2n) is 5.78. The molecule has 1 N–H and O–H groups in total. The van der Waals surface area contributed by atoms with Gasteiger partial charge in [-0.3, -0.25) is 4.79 Å². The van der Waals surface area contributed by atoms with Crippen molar-refractivity contribution in [3.05, 3.63) is 35.0 Å². The Morgan fingerprint density at radius 2 is 2.28 bits per heavy atom. The molecule has 3 rings (SSSR count). The highest BCUT2D eigenvalue weighted by Crippen LogP contribution is 2.17. The van der Waals surface area contributed by atoms with Crippen LogP contribution in [0.5, 0.6) is 5.88 Å². The summed E-state index contributed by atoms with van der Waals surface area (Å²) in [4.78, 5) is 22.0. The molecule has 0 aromatic carbocycles. The number of methoxy groups -OCH3 is 1. The van der Waals surface area contributed by atoms with Crippen LogP contribution in [0.2, 0.25) is 0 Å². The van der Waals surface area contributed by atoms with Crippen molar-refractivity contribution >= 4 is 11.5 Å². The highest BCUT2D eigenvalue weighted by Gasteiger charge is 2.21. The molecule has 134 valence electrons. The van der Waals surface area contributed by atoms with Crippen molar-refractivity contribution < 1.29 is 9.47 Å². The summed E-state index contributed by atoms with van der Waals surface area (Å²) in [6.45, 7) is 2.82. The van der Waals surface area contributed by atoms with Crippen LogP contribution < -0.4 is 20.5 Å². The van der Waals surface area contributed by atoms with Gasteiger partial charge in [0.15, 0.2) is 0 Å². The SMILES string of the molecule is COc1cc(NCC[C@@H]2CN(c3cnn(C)c(=O)c3)CCO2)ncn1. The first-order valence-electron chi connectivity index (χ1n) is 8.15. The molecule has 1 aliphatic heterocycles. The van der Waals surface area contributed by atoms with Crippen LogP contribution in [-0.4, -0.2) is 59.2 Å². The van der Waals surface area contributed by atoms with Gasteiger partial charge in [0.1, 0.15) is 12.1 Å². The molecule has 0 radical (unpaired) electrons. The lowest BCUT2D eigenvalue weighted by atomic mass is 10.2. The van der Waals surface area contributed by atoms with Gasteiger partial charge in [-0.2, -0.15) is 5.10 Å². The van der Waals surface area contributed by atoms with Crippen molar-refractivity contribution in [3.8, 4) is 5.88 Å². The largest absolute Gasteiger partial charge is 0.481 e. The first-order valence-corrected chi connectivity index (χ1v) is 8.15. The molecule has 0 saturated carbocycles. The number of nitrogens with zero attached hydrogens (tertiary/aromatic N) is 5. The minimum Gasteiger partial charge on any atom is -0.481 e. The Balaban J connectivity index is 1.53. The zero-order chi connectivity index (χ0) is 17.6. The van der Waals surface area contributed by atoms with Gasteiger partial charge in [0, 0.05) is 38.8 Å². The lowest BCUT2D eigenvalue weighted by Gasteiger charge is -2.34. The van der Waals surface area contributed by atoms with Crippen LogP contribution in [0, 0.1) is 0 Å². The van der Waals surface area contributed by atoms with Crippen LogP contribution in [0.1, 0.15) is 6.42 Å². The predicted octanol–water partition coefficient (Wildman–Crippen LogP) is 0.286. The minimum absolute atomic E-state index is 0.0778. The van der Waals surface area contributed by atoms with Crippen molar-refractivity contribution in [1.29, 1.82) is 0 Å². The minimum atomic E-state index is -0.111. The third-order valence-electron chi connectivity index (χ3n) is 4.08. The Labute approximate surface area is 145 Å². The highest BCUT2D eigenvalue weighted by molar-refractivity contribution is 5.43. The van der Waals surface area contributed by atoms with E-state index in [9.17, 15) is 4.79 Å². The van der Waals surface area contributed by atoms with Crippen molar-refractivity contribution in [3.63, 3.8) is 0 Å². The summed E-state index contributed by atoms with van der Waals surface area (Å²) < 4.78 is 12.2. The molecule has 9 heteroatoms. The van der Waals surface area contributed by atoms with Crippen LogP contribution in [0.25, 0.3) is 0 Å². The summed E-state index contributed by atoms with van der Waals surface area (Å²) in [7, 11) is 3.21. The third kappa shape index (κ3) is 4.44. The molecule has 0 aliphatic carbocycles. The molecule has 0 amide bonds. The standard InChI is InChI=1S/C16H22N6O3/c1-21-16(23)7-12(9-20-21)22-5-6-25-13(10-22)3-4-17-14-8-15(24-2)19-11-18-14/h7-9,11,13H,3-6,10H2,1-2H3,(H,17,18,19)/t13-/m1/s1. The number of anilines is 2. The van der Waals surface area contributed by atoms with Gasteiger partial charge < -0.3 is 19.7 Å². The van der Waals surface area contributed by atoms with Crippen molar-refractivity contribution in [2.75, 3.05) is 43.6 Å². The van der Waals surface area contributed by atoms with Gasteiger partial charge in [0.25, 0.3) is 5.56 Å². The number of hydrogen-bond donors (Lipinski definition) is 1. The van der Waals surface area contributed by atoms with Gasteiger partial charge in [-0.05, 0) is 6.42 Å². The maximum absolute atomic E-state index is 11.8.